The van der Waals surface area contributed by atoms with Gasteiger partial charge < -0.3 is 14.8 Å². The molecule has 2 aliphatic rings. The number of halogens is 3. The molecule has 1 fully saturated rings. The Morgan fingerprint density at radius 2 is 1.91 bits per heavy atom. The summed E-state index contributed by atoms with van der Waals surface area (Å²) in [5.41, 5.74) is -0.726. The van der Waals surface area contributed by atoms with Gasteiger partial charge in [0.2, 0.25) is 9.70 Å². The lowest BCUT2D eigenvalue weighted by atomic mass is 10.0. The van der Waals surface area contributed by atoms with Crippen molar-refractivity contribution in [2.24, 2.45) is 0 Å². The van der Waals surface area contributed by atoms with Crippen molar-refractivity contribution in [2.45, 2.75) is 53.8 Å². The van der Waals surface area contributed by atoms with Crippen molar-refractivity contribution in [2.75, 3.05) is 18.1 Å². The topological polar surface area (TPSA) is 105 Å². The lowest BCUT2D eigenvalue weighted by Gasteiger charge is -2.49. The smallest absolute Gasteiger partial charge is 0.415 e. The number of anilines is 1. The number of amides is 3. The number of hydrogen-bond acceptors (Lipinski definition) is 8. The van der Waals surface area contributed by atoms with Crippen LogP contribution in [0.3, 0.4) is 0 Å². The van der Waals surface area contributed by atoms with Crippen LogP contribution in [-0.2, 0) is 23.9 Å². The van der Waals surface area contributed by atoms with Crippen LogP contribution in [0.4, 0.5) is 9.80 Å². The molecule has 1 saturated heterocycles. The van der Waals surface area contributed by atoms with Crippen LogP contribution in [0, 0.1) is 0 Å². The maximum atomic E-state index is 12.9. The van der Waals surface area contributed by atoms with Crippen LogP contribution >= 0.6 is 57.9 Å². The zero-order valence-electron chi connectivity index (χ0n) is 19.2. The lowest BCUT2D eigenvalue weighted by molar-refractivity contribution is -0.152. The fourth-order valence-corrected chi connectivity index (χ4v) is 5.49. The first-order valence-corrected chi connectivity index (χ1v) is 13.4. The Hall–Kier alpha value is -1.66. The molecule has 0 radical (unpaired) electrons. The van der Waals surface area contributed by atoms with E-state index in [0.29, 0.717) is 5.00 Å². The van der Waals surface area contributed by atoms with Gasteiger partial charge in [-0.3, -0.25) is 19.4 Å². The quantitative estimate of drug-likeness (QED) is 0.305. The highest BCUT2D eigenvalue weighted by Gasteiger charge is 2.54. The highest BCUT2D eigenvalue weighted by Crippen LogP contribution is 2.41. The van der Waals surface area contributed by atoms with Gasteiger partial charge in [-0.25, -0.2) is 9.59 Å². The first-order valence-electron chi connectivity index (χ1n) is 10.4. The summed E-state index contributed by atoms with van der Waals surface area (Å²) in [4.78, 5) is 53.4. The van der Waals surface area contributed by atoms with Crippen LogP contribution in [0.5, 0.6) is 0 Å². The lowest BCUT2D eigenvalue weighted by Crippen LogP contribution is -2.71. The minimum atomic E-state index is -1.79. The summed E-state index contributed by atoms with van der Waals surface area (Å²) in [7, 11) is 0. The van der Waals surface area contributed by atoms with E-state index in [-0.39, 0.29) is 17.5 Å². The molecule has 0 bridgehead atoms. The molecular formula is C21H24Cl3N3O6S2. The number of fused-ring (bicyclic) bond motifs is 1. The maximum Gasteiger partial charge on any atom is 0.415 e. The third kappa shape index (κ3) is 7.19. The largest absolute Gasteiger partial charge is 0.456 e. The van der Waals surface area contributed by atoms with Gasteiger partial charge in [-0.2, -0.15) is 0 Å². The molecule has 3 amide bonds. The van der Waals surface area contributed by atoms with E-state index < -0.39 is 51.3 Å². The van der Waals surface area contributed by atoms with E-state index in [1.165, 1.54) is 32.9 Å². The van der Waals surface area contributed by atoms with Crippen molar-refractivity contribution in [3.63, 3.8) is 0 Å². The van der Waals surface area contributed by atoms with Gasteiger partial charge in [-0.15, -0.1) is 23.1 Å². The predicted octanol–water partition coefficient (Wildman–Crippen LogP) is 4.08. The molecule has 1 aromatic heterocycles. The molecule has 9 nitrogen and oxygen atoms in total. The van der Waals surface area contributed by atoms with Crippen LogP contribution in [0.1, 0.15) is 27.7 Å². The molecule has 1 N–H and O–H groups in total. The molecule has 0 aliphatic carbocycles. The number of alkyl halides is 3. The van der Waals surface area contributed by atoms with Gasteiger partial charge in [0, 0.05) is 5.25 Å². The second-order valence-electron chi connectivity index (χ2n) is 8.75. The summed E-state index contributed by atoms with van der Waals surface area (Å²) in [6.45, 7) is 6.19. The van der Waals surface area contributed by atoms with Gasteiger partial charge in [0.05, 0.1) is 0 Å². The maximum absolute atomic E-state index is 12.9. The van der Waals surface area contributed by atoms with Crippen molar-refractivity contribution < 1.29 is 28.7 Å². The number of rotatable bonds is 6. The van der Waals surface area contributed by atoms with Crippen LogP contribution in [0.2, 0.25) is 0 Å². The second-order valence-corrected chi connectivity index (χ2v) is 13.7. The van der Waals surface area contributed by atoms with Gasteiger partial charge in [-0.1, -0.05) is 34.8 Å². The number of carbonyl (C=O) groups is 4. The van der Waals surface area contributed by atoms with E-state index in [2.05, 4.69) is 5.32 Å². The Balaban J connectivity index is 1.67. The molecule has 0 saturated carbocycles. The van der Waals surface area contributed by atoms with Gasteiger partial charge in [0.25, 0.3) is 5.91 Å². The molecular weight excluding hydrogens is 561 g/mol. The first-order chi connectivity index (χ1) is 16.2. The molecule has 0 aromatic carbocycles. The third-order valence-electron chi connectivity index (χ3n) is 4.63. The number of ether oxygens (including phenoxy) is 2. The Morgan fingerprint density at radius 1 is 1.23 bits per heavy atom. The van der Waals surface area contributed by atoms with Crippen molar-refractivity contribution in [3.8, 4) is 0 Å². The number of β-lactam (4-membered cyclic amide) rings is 1. The molecule has 0 spiro atoms. The van der Waals surface area contributed by atoms with Gasteiger partial charge >= 0.3 is 12.1 Å². The minimum absolute atomic E-state index is 0.0277. The molecule has 14 heteroatoms. The van der Waals surface area contributed by atoms with E-state index in [1.807, 2.05) is 6.92 Å². The summed E-state index contributed by atoms with van der Waals surface area (Å²) in [6.07, 6.45) is 0.901. The van der Waals surface area contributed by atoms with Gasteiger partial charge in [0.1, 0.15) is 40.9 Å². The summed E-state index contributed by atoms with van der Waals surface area (Å²) < 4.78 is 8.66. The van der Waals surface area contributed by atoms with E-state index in [9.17, 15) is 19.2 Å². The number of nitrogens with one attached hydrogen (secondary N) is 1. The van der Waals surface area contributed by atoms with E-state index in [1.54, 1.807) is 44.4 Å². The van der Waals surface area contributed by atoms with Crippen LogP contribution in [0.15, 0.2) is 29.3 Å². The van der Waals surface area contributed by atoms with Crippen molar-refractivity contribution in [1.82, 2.24) is 10.2 Å². The summed E-state index contributed by atoms with van der Waals surface area (Å²) in [5, 5.41) is 4.29. The number of hydrogen-bond donors (Lipinski definition) is 1. The Labute approximate surface area is 226 Å². The number of thiophene rings is 1. The molecule has 35 heavy (non-hydrogen) atoms. The first kappa shape index (κ1) is 27.9. The molecule has 2 aliphatic heterocycles. The number of carbonyl (C=O) groups excluding carboxylic acids is 4. The molecule has 1 aromatic rings. The zero-order chi connectivity index (χ0) is 26.1. The van der Waals surface area contributed by atoms with E-state index in [4.69, 9.17) is 44.3 Å². The zero-order valence-corrected chi connectivity index (χ0v) is 23.2. The molecule has 3 heterocycles. The fraction of sp³-hybridized carbons (Fsp3) is 0.524. The van der Waals surface area contributed by atoms with Crippen molar-refractivity contribution >= 4 is 86.8 Å². The highest BCUT2D eigenvalue weighted by atomic mass is 35.6. The van der Waals surface area contributed by atoms with Gasteiger partial charge in [0.15, 0.2) is 0 Å². The summed E-state index contributed by atoms with van der Waals surface area (Å²) in [5.74, 6) is -1.84. The van der Waals surface area contributed by atoms with E-state index >= 15 is 0 Å². The predicted molar refractivity (Wildman–Crippen MR) is 137 cm³/mol. The molecule has 3 rings (SSSR count). The second kappa shape index (κ2) is 10.8. The molecule has 2 unspecified atom stereocenters. The molecule has 3 atom stereocenters. The summed E-state index contributed by atoms with van der Waals surface area (Å²) >= 11 is 19.6. The minimum Gasteiger partial charge on any atom is -0.456 e. The van der Waals surface area contributed by atoms with Crippen LogP contribution in [-0.4, -0.2) is 68.0 Å². The van der Waals surface area contributed by atoms with Crippen molar-refractivity contribution in [3.05, 3.63) is 29.3 Å². The van der Waals surface area contributed by atoms with Crippen LogP contribution in [0.25, 0.3) is 0 Å². The number of esters is 1. The third-order valence-corrected chi connectivity index (χ3v) is 7.18. The Bertz CT molecular complexity index is 1020. The van der Waals surface area contributed by atoms with Gasteiger partial charge in [-0.05, 0) is 51.3 Å². The Morgan fingerprint density at radius 3 is 2.49 bits per heavy atom. The Kier molecular flexibility index (Phi) is 8.58. The standard InChI is InChI=1S/C21H24Cl3N3O6S2/c1-11-8-12(18(30)32-10-21(22,23)24)27-16(29)15(17(27)35-11)25-13(28)9-26(14-6-5-7-34-14)19(31)33-20(2,3)4/h5-8,11,15,17H,9-10H2,1-4H3,(H,25,28)/t11?,15?,17-/m0/s1. The number of thioether (sulfide) groups is 1. The monoisotopic (exact) mass is 583 g/mol. The normalized spacial score (nSPS) is 21.9. The highest BCUT2D eigenvalue weighted by molar-refractivity contribution is 8.00. The average molecular weight is 585 g/mol. The van der Waals surface area contributed by atoms with Crippen LogP contribution < -0.4 is 10.2 Å². The summed E-state index contributed by atoms with van der Waals surface area (Å²) in [6, 6.07) is 2.55. The average Bonchev–Trinajstić information content (AvgIpc) is 3.26. The van der Waals surface area contributed by atoms with Crippen molar-refractivity contribution in [1.29, 1.82) is 0 Å². The fourth-order valence-electron chi connectivity index (χ4n) is 3.28. The van der Waals surface area contributed by atoms with E-state index in [0.717, 1.165) is 0 Å². The SMILES string of the molecule is CC1C=C(C(=O)OCC(Cl)(Cl)Cl)N2C(=O)C(NC(=O)CN(C(=O)OC(C)(C)C)c3cccs3)[C@@H]2S1. The number of nitrogens with zero attached hydrogens (tertiary/aromatic N) is 2. The molecule has 192 valence electrons.